The molecule has 23 heavy (non-hydrogen) atoms. The molecule has 2 aromatic rings. The third kappa shape index (κ3) is 6.44. The standard InChI is InChI=1S/C23H30/c1-2-3-4-5-6-7-8-15-20-23(21-16-11-9-12-17-21)22-18-13-10-14-19-22/h9-14,16-20H,2-8,15H2,1H3. The predicted molar refractivity (Wildman–Crippen MR) is 103 cm³/mol. The molecule has 0 heteroatoms. The molecule has 0 radical (unpaired) electrons. The molecule has 0 amide bonds. The Kier molecular flexibility index (Phi) is 8.26. The maximum Gasteiger partial charge on any atom is -0.0151 e. The molecule has 0 aliphatic carbocycles. The molecule has 0 heterocycles. The van der Waals surface area contributed by atoms with Crippen LogP contribution < -0.4 is 0 Å². The summed E-state index contributed by atoms with van der Waals surface area (Å²) in [6.45, 7) is 2.28. The maximum absolute atomic E-state index is 2.43. The van der Waals surface area contributed by atoms with Crippen molar-refractivity contribution in [1.82, 2.24) is 0 Å². The molecule has 2 rings (SSSR count). The molecule has 0 nitrogen and oxygen atoms in total. The van der Waals surface area contributed by atoms with E-state index in [1.54, 1.807) is 0 Å². The van der Waals surface area contributed by atoms with Gasteiger partial charge in [-0.3, -0.25) is 0 Å². The van der Waals surface area contributed by atoms with Crippen LogP contribution in [-0.4, -0.2) is 0 Å². The van der Waals surface area contributed by atoms with Crippen LogP contribution in [0.2, 0.25) is 0 Å². The largest absolute Gasteiger partial charge is 0.0761 e. The van der Waals surface area contributed by atoms with Gasteiger partial charge in [0.05, 0.1) is 0 Å². The molecule has 0 fully saturated rings. The van der Waals surface area contributed by atoms with Crippen LogP contribution in [0.5, 0.6) is 0 Å². The second-order valence-electron chi connectivity index (χ2n) is 6.26. The summed E-state index contributed by atoms with van der Waals surface area (Å²) < 4.78 is 0. The quantitative estimate of drug-likeness (QED) is 0.405. The monoisotopic (exact) mass is 306 g/mol. The van der Waals surface area contributed by atoms with Crippen LogP contribution in [-0.2, 0) is 0 Å². The first-order chi connectivity index (χ1) is 11.4. The second kappa shape index (κ2) is 10.8. The third-order valence-corrected chi connectivity index (χ3v) is 4.33. The minimum Gasteiger partial charge on any atom is -0.0761 e. The van der Waals surface area contributed by atoms with Crippen molar-refractivity contribution in [2.75, 3.05) is 0 Å². The zero-order chi connectivity index (χ0) is 16.2. The van der Waals surface area contributed by atoms with Gasteiger partial charge < -0.3 is 0 Å². The molecule has 0 aromatic heterocycles. The Morgan fingerprint density at radius 2 is 1.13 bits per heavy atom. The number of unbranched alkanes of at least 4 members (excludes halogenated alkanes) is 7. The molecule has 0 aliphatic rings. The average molecular weight is 306 g/mol. The molecular formula is C23H30. The van der Waals surface area contributed by atoms with Crippen LogP contribution in [0.3, 0.4) is 0 Å². The Bertz CT molecular complexity index is 510. The van der Waals surface area contributed by atoms with Crippen molar-refractivity contribution >= 4 is 5.57 Å². The summed E-state index contributed by atoms with van der Waals surface area (Å²) in [5.74, 6) is 0. The van der Waals surface area contributed by atoms with Crippen molar-refractivity contribution in [3.05, 3.63) is 77.9 Å². The molecule has 0 saturated heterocycles. The van der Waals surface area contributed by atoms with E-state index in [1.807, 2.05) is 0 Å². The van der Waals surface area contributed by atoms with E-state index in [-0.39, 0.29) is 0 Å². The third-order valence-electron chi connectivity index (χ3n) is 4.33. The summed E-state index contributed by atoms with van der Waals surface area (Å²) in [5, 5.41) is 0. The summed E-state index contributed by atoms with van der Waals surface area (Å²) in [7, 11) is 0. The van der Waals surface area contributed by atoms with Crippen molar-refractivity contribution in [2.24, 2.45) is 0 Å². The number of benzene rings is 2. The van der Waals surface area contributed by atoms with E-state index in [4.69, 9.17) is 0 Å². The van der Waals surface area contributed by atoms with Crippen LogP contribution in [0.15, 0.2) is 66.7 Å². The number of rotatable bonds is 10. The Hall–Kier alpha value is -1.82. The fourth-order valence-corrected chi connectivity index (χ4v) is 2.99. The number of hydrogen-bond donors (Lipinski definition) is 0. The maximum atomic E-state index is 2.43. The molecule has 2 aromatic carbocycles. The van der Waals surface area contributed by atoms with Crippen LogP contribution in [0.4, 0.5) is 0 Å². The van der Waals surface area contributed by atoms with E-state index < -0.39 is 0 Å². The van der Waals surface area contributed by atoms with Gasteiger partial charge >= 0.3 is 0 Å². The van der Waals surface area contributed by atoms with E-state index in [0.29, 0.717) is 0 Å². The Balaban J connectivity index is 1.90. The lowest BCUT2D eigenvalue weighted by Crippen LogP contribution is -1.88. The lowest BCUT2D eigenvalue weighted by atomic mass is 9.96. The normalized spacial score (nSPS) is 10.5. The lowest BCUT2D eigenvalue weighted by molar-refractivity contribution is 0.592. The SMILES string of the molecule is CCCCCCCCCC=C(c1ccccc1)c1ccccc1. The van der Waals surface area contributed by atoms with Gasteiger partial charge in [-0.25, -0.2) is 0 Å². The first-order valence-electron chi connectivity index (χ1n) is 9.23. The smallest absolute Gasteiger partial charge is 0.0151 e. The molecular weight excluding hydrogens is 276 g/mol. The molecule has 0 unspecified atom stereocenters. The topological polar surface area (TPSA) is 0 Å². The van der Waals surface area contributed by atoms with E-state index in [2.05, 4.69) is 73.7 Å². The zero-order valence-corrected chi connectivity index (χ0v) is 14.5. The summed E-state index contributed by atoms with van der Waals surface area (Å²) in [6.07, 6.45) is 13.2. The Morgan fingerprint density at radius 1 is 0.652 bits per heavy atom. The number of allylic oxidation sites excluding steroid dienone is 1. The molecule has 0 spiro atoms. The van der Waals surface area contributed by atoms with Crippen molar-refractivity contribution in [3.63, 3.8) is 0 Å². The second-order valence-corrected chi connectivity index (χ2v) is 6.26. The van der Waals surface area contributed by atoms with Crippen LogP contribution in [0.1, 0.15) is 69.4 Å². The van der Waals surface area contributed by atoms with Gasteiger partial charge in [-0.15, -0.1) is 0 Å². The van der Waals surface area contributed by atoms with Gasteiger partial charge in [0.2, 0.25) is 0 Å². The Morgan fingerprint density at radius 3 is 1.65 bits per heavy atom. The van der Waals surface area contributed by atoms with Gasteiger partial charge in [0.15, 0.2) is 0 Å². The minimum absolute atomic E-state index is 1.17. The van der Waals surface area contributed by atoms with Crippen molar-refractivity contribution in [3.8, 4) is 0 Å². The predicted octanol–water partition coefficient (Wildman–Crippen LogP) is 7.26. The highest BCUT2D eigenvalue weighted by Gasteiger charge is 2.03. The van der Waals surface area contributed by atoms with Gasteiger partial charge in [-0.2, -0.15) is 0 Å². The first-order valence-corrected chi connectivity index (χ1v) is 9.23. The Labute approximate surface area is 142 Å². The van der Waals surface area contributed by atoms with E-state index in [1.165, 1.54) is 68.1 Å². The molecule has 0 saturated carbocycles. The van der Waals surface area contributed by atoms with Gasteiger partial charge in [-0.1, -0.05) is 112 Å². The zero-order valence-electron chi connectivity index (χ0n) is 14.5. The highest BCUT2D eigenvalue weighted by Crippen LogP contribution is 2.24. The van der Waals surface area contributed by atoms with Crippen molar-refractivity contribution in [1.29, 1.82) is 0 Å². The van der Waals surface area contributed by atoms with E-state index in [9.17, 15) is 0 Å². The van der Waals surface area contributed by atoms with Crippen molar-refractivity contribution in [2.45, 2.75) is 58.3 Å². The summed E-state index contributed by atoms with van der Waals surface area (Å²) in [4.78, 5) is 0. The van der Waals surface area contributed by atoms with Gasteiger partial charge in [-0.05, 0) is 29.5 Å². The fourth-order valence-electron chi connectivity index (χ4n) is 2.99. The van der Waals surface area contributed by atoms with Crippen LogP contribution in [0, 0.1) is 0 Å². The minimum atomic E-state index is 1.17. The fraction of sp³-hybridized carbons (Fsp3) is 0.391. The van der Waals surface area contributed by atoms with Gasteiger partial charge in [0.1, 0.15) is 0 Å². The van der Waals surface area contributed by atoms with E-state index in [0.717, 1.165) is 0 Å². The number of hydrogen-bond acceptors (Lipinski definition) is 0. The lowest BCUT2D eigenvalue weighted by Gasteiger charge is -2.09. The van der Waals surface area contributed by atoms with Crippen molar-refractivity contribution < 1.29 is 0 Å². The van der Waals surface area contributed by atoms with Crippen LogP contribution in [0.25, 0.3) is 5.57 Å². The summed E-state index contributed by atoms with van der Waals surface area (Å²) >= 11 is 0. The highest BCUT2D eigenvalue weighted by atomic mass is 14.1. The average Bonchev–Trinajstić information content (AvgIpc) is 2.62. The van der Waals surface area contributed by atoms with Gasteiger partial charge in [0, 0.05) is 0 Å². The highest BCUT2D eigenvalue weighted by molar-refractivity contribution is 5.79. The molecule has 0 bridgehead atoms. The molecule has 122 valence electrons. The van der Waals surface area contributed by atoms with Gasteiger partial charge in [0.25, 0.3) is 0 Å². The summed E-state index contributed by atoms with van der Waals surface area (Å²) in [5.41, 5.74) is 4.01. The van der Waals surface area contributed by atoms with E-state index >= 15 is 0 Å². The summed E-state index contributed by atoms with van der Waals surface area (Å²) in [6, 6.07) is 21.5. The van der Waals surface area contributed by atoms with Crippen LogP contribution >= 0.6 is 0 Å². The molecule has 0 atom stereocenters. The first kappa shape index (κ1) is 17.5. The molecule has 0 N–H and O–H groups in total. The molecule has 0 aliphatic heterocycles.